The molecule has 0 unspecified atom stereocenters. The van der Waals surface area contributed by atoms with Gasteiger partial charge in [-0.3, -0.25) is 28.5 Å². The number of carbonyl (C=O) groups excluding carboxylic acids is 1. The van der Waals surface area contributed by atoms with E-state index in [1.807, 2.05) is 79.6 Å². The Bertz CT molecular complexity index is 2130. The van der Waals surface area contributed by atoms with E-state index in [1.165, 1.54) is 0 Å². The van der Waals surface area contributed by atoms with E-state index in [0.717, 1.165) is 39.2 Å². The van der Waals surface area contributed by atoms with Crippen LogP contribution in [0.5, 0.6) is 0 Å². The van der Waals surface area contributed by atoms with Crippen molar-refractivity contribution in [2.75, 3.05) is 5.32 Å². The van der Waals surface area contributed by atoms with Gasteiger partial charge in [0.15, 0.2) is 0 Å². The van der Waals surface area contributed by atoms with E-state index in [0.29, 0.717) is 42.2 Å². The molecule has 0 spiro atoms. The monoisotopic (exact) mass is 644 g/mol. The van der Waals surface area contributed by atoms with Gasteiger partial charge in [0.2, 0.25) is 5.91 Å². The molecule has 4 aromatic heterocycles. The van der Waals surface area contributed by atoms with Crippen molar-refractivity contribution in [3.63, 3.8) is 0 Å². The van der Waals surface area contributed by atoms with Crippen LogP contribution >= 0.6 is 11.6 Å². The third-order valence-corrected chi connectivity index (χ3v) is 8.95. The number of amides is 1. The third kappa shape index (κ3) is 6.24. The molecule has 11 heteroatoms. The summed E-state index contributed by atoms with van der Waals surface area (Å²) in [5.41, 5.74) is 6.95. The molecule has 10 nitrogen and oxygen atoms in total. The number of rotatable bonds is 5. The summed E-state index contributed by atoms with van der Waals surface area (Å²) >= 11 is 6.47. The minimum atomic E-state index is -0.384. The maximum Gasteiger partial charge on any atom is 0.254 e. The summed E-state index contributed by atoms with van der Waals surface area (Å²) < 4.78 is 5.26. The summed E-state index contributed by atoms with van der Waals surface area (Å²) in [6.45, 7) is 2.56. The molecular weight excluding hydrogens is 612 g/mol. The number of hydrogen-bond donors (Lipinski definition) is 1. The number of fused-ring (bicyclic) bond motifs is 4. The van der Waals surface area contributed by atoms with Crippen LogP contribution in [0.15, 0.2) is 103 Å². The van der Waals surface area contributed by atoms with Crippen LogP contribution < -0.4 is 10.9 Å². The Hall–Kier alpha value is -5.35. The molecule has 5 heterocycles. The predicted octanol–water partition coefficient (Wildman–Crippen LogP) is 6.62. The number of nitrogens with one attached hydrogen (secondary N) is 1. The van der Waals surface area contributed by atoms with Crippen LogP contribution in [0.25, 0.3) is 33.6 Å². The van der Waals surface area contributed by atoms with Gasteiger partial charge in [-0.15, -0.1) is 0 Å². The van der Waals surface area contributed by atoms with Crippen LogP contribution in [0, 0.1) is 5.92 Å². The van der Waals surface area contributed by atoms with Gasteiger partial charge in [-0.1, -0.05) is 61.3 Å². The van der Waals surface area contributed by atoms with E-state index in [1.54, 1.807) is 34.0 Å². The molecule has 1 aliphatic rings. The topological polar surface area (TPSA) is 113 Å². The van der Waals surface area contributed by atoms with Gasteiger partial charge in [0.25, 0.3) is 5.56 Å². The number of aryl methyl sites for hydroxylation is 1. The van der Waals surface area contributed by atoms with Crippen LogP contribution in [-0.4, -0.2) is 40.0 Å². The molecule has 6 aromatic rings. The van der Waals surface area contributed by atoms with Crippen LogP contribution in [0.2, 0.25) is 5.02 Å². The van der Waals surface area contributed by atoms with E-state index in [4.69, 9.17) is 21.6 Å². The lowest BCUT2D eigenvalue weighted by molar-refractivity contribution is -0.119. The van der Waals surface area contributed by atoms with E-state index in [2.05, 4.69) is 27.6 Å². The minimum Gasteiger partial charge on any atom is -0.323 e. The Balaban J connectivity index is 1.25. The molecule has 2 aromatic carbocycles. The Kier molecular flexibility index (Phi) is 8.26. The van der Waals surface area contributed by atoms with Crippen molar-refractivity contribution in [3.8, 4) is 33.6 Å². The van der Waals surface area contributed by atoms with Crippen molar-refractivity contribution in [1.82, 2.24) is 34.1 Å². The maximum absolute atomic E-state index is 13.9. The summed E-state index contributed by atoms with van der Waals surface area (Å²) in [4.78, 5) is 36.4. The zero-order valence-corrected chi connectivity index (χ0v) is 26.8. The molecule has 0 radical (unpaired) electrons. The number of nitrogens with zero attached hydrogens (tertiary/aromatic N) is 7. The van der Waals surface area contributed by atoms with Gasteiger partial charge in [0.05, 0.1) is 54.1 Å². The fourth-order valence-corrected chi connectivity index (χ4v) is 6.39. The summed E-state index contributed by atoms with van der Waals surface area (Å²) in [6, 6.07) is 20.7. The Morgan fingerprint density at radius 2 is 1.77 bits per heavy atom. The second-order valence-electron chi connectivity index (χ2n) is 12.0. The molecule has 47 heavy (non-hydrogen) atoms. The SMILES string of the molecule is C[C@@H]1CCC[C@H](n2cnc(-c3cc(Cl)ccc3-c3cnn(Cc4ccccc4)c3)cc2=O)c2cc(ccn2)-c2c(cnn2C)NC1=O. The van der Waals surface area contributed by atoms with Crippen molar-refractivity contribution in [2.24, 2.45) is 13.0 Å². The molecular formula is C36H33ClN8O2. The summed E-state index contributed by atoms with van der Waals surface area (Å²) in [5.74, 6) is -0.276. The third-order valence-electron chi connectivity index (χ3n) is 8.72. The molecule has 1 aliphatic heterocycles. The first-order valence-corrected chi connectivity index (χ1v) is 16.0. The molecule has 1 amide bonds. The van der Waals surface area contributed by atoms with Gasteiger partial charge >= 0.3 is 0 Å². The van der Waals surface area contributed by atoms with Crippen LogP contribution in [0.3, 0.4) is 0 Å². The van der Waals surface area contributed by atoms with Crippen molar-refractivity contribution in [1.29, 1.82) is 0 Å². The summed E-state index contributed by atoms with van der Waals surface area (Å²) in [5, 5.41) is 12.6. The van der Waals surface area contributed by atoms with Crippen LogP contribution in [0.4, 0.5) is 5.69 Å². The van der Waals surface area contributed by atoms with E-state index in [9.17, 15) is 9.59 Å². The summed E-state index contributed by atoms with van der Waals surface area (Å²) in [6.07, 6.45) is 10.8. The van der Waals surface area contributed by atoms with Gasteiger partial charge in [-0.05, 0) is 48.2 Å². The highest BCUT2D eigenvalue weighted by molar-refractivity contribution is 6.31. The second kappa shape index (κ2) is 12.8. The molecule has 0 saturated carbocycles. The lowest BCUT2D eigenvalue weighted by Gasteiger charge is -2.22. The van der Waals surface area contributed by atoms with Gasteiger partial charge in [0.1, 0.15) is 0 Å². The van der Waals surface area contributed by atoms with Crippen molar-refractivity contribution in [3.05, 3.63) is 124 Å². The smallest absolute Gasteiger partial charge is 0.254 e. The van der Waals surface area contributed by atoms with Crippen LogP contribution in [-0.2, 0) is 18.4 Å². The normalized spacial score (nSPS) is 16.5. The van der Waals surface area contributed by atoms with E-state index in [-0.39, 0.29) is 23.4 Å². The largest absolute Gasteiger partial charge is 0.323 e. The zero-order valence-electron chi connectivity index (χ0n) is 26.0. The molecule has 2 atom stereocenters. The summed E-state index contributed by atoms with van der Waals surface area (Å²) in [7, 11) is 1.84. The van der Waals surface area contributed by atoms with E-state index >= 15 is 0 Å². The quantitative estimate of drug-likeness (QED) is 0.226. The average Bonchev–Trinajstić information content (AvgIpc) is 3.69. The highest BCUT2D eigenvalue weighted by Crippen LogP contribution is 2.35. The highest BCUT2D eigenvalue weighted by atomic mass is 35.5. The van der Waals surface area contributed by atoms with Crippen molar-refractivity contribution in [2.45, 2.75) is 38.8 Å². The fraction of sp³-hybridized carbons (Fsp3) is 0.222. The lowest BCUT2D eigenvalue weighted by atomic mass is 9.96. The lowest BCUT2D eigenvalue weighted by Crippen LogP contribution is -2.27. The Labute approximate surface area is 276 Å². The van der Waals surface area contributed by atoms with Gasteiger partial charge < -0.3 is 5.32 Å². The molecule has 0 saturated heterocycles. The van der Waals surface area contributed by atoms with Crippen molar-refractivity contribution >= 4 is 23.2 Å². The molecule has 1 N–H and O–H groups in total. The minimum absolute atomic E-state index is 0.0585. The van der Waals surface area contributed by atoms with Gasteiger partial charge in [0, 0.05) is 53.1 Å². The zero-order chi connectivity index (χ0) is 32.5. The molecule has 0 aliphatic carbocycles. The number of anilines is 1. The fourth-order valence-electron chi connectivity index (χ4n) is 6.21. The number of hydrogen-bond acceptors (Lipinski definition) is 6. The first-order chi connectivity index (χ1) is 22.8. The van der Waals surface area contributed by atoms with Crippen molar-refractivity contribution < 1.29 is 4.79 Å². The first kappa shape index (κ1) is 30.3. The van der Waals surface area contributed by atoms with Crippen LogP contribution in [0.1, 0.15) is 43.5 Å². The first-order valence-electron chi connectivity index (χ1n) is 15.6. The second-order valence-corrected chi connectivity index (χ2v) is 12.4. The van der Waals surface area contributed by atoms with E-state index < -0.39 is 0 Å². The molecule has 236 valence electrons. The van der Waals surface area contributed by atoms with Gasteiger partial charge in [-0.25, -0.2) is 4.98 Å². The Morgan fingerprint density at radius 1 is 0.915 bits per heavy atom. The standard InChI is InChI=1S/C36H33ClN8O2/c1-23-7-6-10-33(31-15-25(13-14-38-31)35-32(42-36(23)47)19-40-43(35)2)45-22-39-30(17-34(45)46)29-16-27(37)11-12-28(29)26-18-41-44(21-26)20-24-8-4-3-5-9-24/h3-5,8-9,11-19,21-23,33H,6-7,10,20H2,1-2H3,(H,42,47)/t23-,33+/m1/s1. The number of benzene rings is 2. The number of carbonyl (C=O) groups is 1. The maximum atomic E-state index is 13.9. The molecule has 0 fully saturated rings. The molecule has 2 bridgehead atoms. The number of aromatic nitrogens is 7. The number of pyridine rings is 1. The predicted molar refractivity (Wildman–Crippen MR) is 182 cm³/mol. The average molecular weight is 645 g/mol. The Morgan fingerprint density at radius 3 is 2.60 bits per heavy atom. The number of halogens is 1. The molecule has 7 rings (SSSR count). The van der Waals surface area contributed by atoms with Gasteiger partial charge in [-0.2, -0.15) is 10.2 Å². The highest BCUT2D eigenvalue weighted by Gasteiger charge is 2.24.